The molecule has 0 aliphatic carbocycles. The van der Waals surface area contributed by atoms with Crippen LogP contribution in [0.2, 0.25) is 0 Å². The zero-order valence-corrected chi connectivity index (χ0v) is 9.35. The third kappa shape index (κ3) is 6.77. The van der Waals surface area contributed by atoms with Crippen molar-refractivity contribution in [2.24, 2.45) is 11.8 Å². The molecule has 0 saturated heterocycles. The van der Waals surface area contributed by atoms with E-state index in [1.807, 2.05) is 13.8 Å². The Kier molecular flexibility index (Phi) is 7.42. The van der Waals surface area contributed by atoms with Crippen LogP contribution < -0.4 is 0 Å². The molecule has 0 aromatic carbocycles. The Morgan fingerprint density at radius 3 is 2.73 bits per heavy atom. The summed E-state index contributed by atoms with van der Waals surface area (Å²) in [4.78, 5) is 13.9. The zero-order chi connectivity index (χ0) is 11.7. The highest BCUT2D eigenvalue weighted by Crippen LogP contribution is 2.15. The minimum atomic E-state index is -0.182. The van der Waals surface area contributed by atoms with Gasteiger partial charge in [-0.3, -0.25) is 4.79 Å². The van der Waals surface area contributed by atoms with Crippen LogP contribution in [0.5, 0.6) is 0 Å². The lowest BCUT2D eigenvalue weighted by molar-refractivity contribution is -0.117. The molecule has 0 N–H and O–H groups in total. The van der Waals surface area contributed by atoms with Gasteiger partial charge in [0.05, 0.1) is 13.2 Å². The molecule has 84 valence electrons. The number of Topliss-reactive ketones (excluding diaryl/α,β-unsaturated/α-hetero) is 1. The van der Waals surface area contributed by atoms with Crippen molar-refractivity contribution in [3.8, 4) is 0 Å². The lowest BCUT2D eigenvalue weighted by Crippen LogP contribution is -2.20. The molecule has 1 atom stereocenters. The van der Waals surface area contributed by atoms with E-state index in [9.17, 15) is 4.79 Å². The van der Waals surface area contributed by atoms with Crippen LogP contribution in [0.25, 0.3) is 5.53 Å². The largest absolute Gasteiger partial charge is 0.377 e. The predicted molar refractivity (Wildman–Crippen MR) is 58.7 cm³/mol. The van der Waals surface area contributed by atoms with Crippen LogP contribution in [0, 0.1) is 11.8 Å². The number of carbonyl (C=O) groups excluding carboxylic acids is 1. The van der Waals surface area contributed by atoms with Crippen molar-refractivity contribution in [1.82, 2.24) is 0 Å². The summed E-state index contributed by atoms with van der Waals surface area (Å²) in [6.07, 6.45) is 2.95. The third-order valence-electron chi connectivity index (χ3n) is 2.18. The minimum absolute atomic E-state index is 0.149. The van der Waals surface area contributed by atoms with Gasteiger partial charge in [-0.2, -0.15) is 4.79 Å². The molecular weight excluding hydrogens is 192 g/mol. The van der Waals surface area contributed by atoms with E-state index in [0.29, 0.717) is 25.6 Å². The Bertz CT molecular complexity index is 255. The van der Waals surface area contributed by atoms with Crippen LogP contribution in [0.15, 0.2) is 12.7 Å². The topological polar surface area (TPSA) is 62.7 Å². The minimum Gasteiger partial charge on any atom is -0.377 e. The fraction of sp³-hybridized carbons (Fsp3) is 0.636. The number of ketones is 1. The SMILES string of the molecule is C=CCOCC(CC(=O)C=[N+]=[N-])C(C)C. The van der Waals surface area contributed by atoms with Crippen molar-refractivity contribution < 1.29 is 14.3 Å². The molecular formula is C11H18N2O2. The molecule has 0 aromatic heterocycles. The maximum absolute atomic E-state index is 11.2. The molecule has 0 spiro atoms. The first-order valence-electron chi connectivity index (χ1n) is 5.00. The summed E-state index contributed by atoms with van der Waals surface area (Å²) in [7, 11) is 0. The molecule has 4 nitrogen and oxygen atoms in total. The van der Waals surface area contributed by atoms with E-state index in [1.54, 1.807) is 6.08 Å². The van der Waals surface area contributed by atoms with Crippen molar-refractivity contribution in [2.75, 3.05) is 13.2 Å². The number of hydrogen-bond donors (Lipinski definition) is 0. The normalized spacial score (nSPS) is 11.9. The molecule has 4 heteroatoms. The Hall–Kier alpha value is -1.25. The second-order valence-electron chi connectivity index (χ2n) is 3.75. The van der Waals surface area contributed by atoms with Gasteiger partial charge >= 0.3 is 6.21 Å². The Labute approximate surface area is 90.6 Å². The van der Waals surface area contributed by atoms with Crippen LogP contribution in [-0.2, 0) is 9.53 Å². The smallest absolute Gasteiger partial charge is 0.323 e. The molecule has 0 fully saturated rings. The molecule has 1 unspecified atom stereocenters. The molecule has 0 aliphatic heterocycles. The average molecular weight is 210 g/mol. The third-order valence-corrected chi connectivity index (χ3v) is 2.18. The fourth-order valence-corrected chi connectivity index (χ4v) is 1.17. The maximum atomic E-state index is 11.2. The number of hydrogen-bond acceptors (Lipinski definition) is 2. The van der Waals surface area contributed by atoms with Gasteiger partial charge in [0.1, 0.15) is 0 Å². The average Bonchev–Trinajstić information content (AvgIpc) is 2.16. The van der Waals surface area contributed by atoms with Gasteiger partial charge in [-0.1, -0.05) is 19.9 Å². The summed E-state index contributed by atoms with van der Waals surface area (Å²) in [5.74, 6) is 0.319. The second-order valence-corrected chi connectivity index (χ2v) is 3.75. The molecule has 0 radical (unpaired) electrons. The highest BCUT2D eigenvalue weighted by Gasteiger charge is 2.18. The van der Waals surface area contributed by atoms with Gasteiger partial charge in [0.15, 0.2) is 0 Å². The second kappa shape index (κ2) is 8.09. The number of nitrogens with zero attached hydrogens (tertiary/aromatic N) is 2. The quantitative estimate of drug-likeness (QED) is 0.201. The van der Waals surface area contributed by atoms with Gasteiger partial charge in [0, 0.05) is 6.42 Å². The van der Waals surface area contributed by atoms with Crippen LogP contribution in [-0.4, -0.2) is 30.0 Å². The number of rotatable bonds is 8. The van der Waals surface area contributed by atoms with Gasteiger partial charge in [0.25, 0.3) is 0 Å². The molecule has 0 aromatic rings. The number of carbonyl (C=O) groups is 1. The highest BCUT2D eigenvalue weighted by atomic mass is 16.5. The van der Waals surface area contributed by atoms with E-state index < -0.39 is 0 Å². The maximum Gasteiger partial charge on any atom is 0.323 e. The van der Waals surface area contributed by atoms with E-state index in [-0.39, 0.29) is 11.7 Å². The van der Waals surface area contributed by atoms with Crippen molar-refractivity contribution in [1.29, 1.82) is 0 Å². The standard InChI is InChI=1S/C11H18N2O2/c1-4-5-15-8-10(9(2)3)6-11(14)7-13-12/h4,7,9-10H,1,5-6,8H2,2-3H3. The molecule has 0 aliphatic rings. The van der Waals surface area contributed by atoms with Crippen LogP contribution >= 0.6 is 0 Å². The van der Waals surface area contributed by atoms with Crippen LogP contribution in [0.4, 0.5) is 0 Å². The van der Waals surface area contributed by atoms with Crippen LogP contribution in [0.3, 0.4) is 0 Å². The van der Waals surface area contributed by atoms with Crippen molar-refractivity contribution in [3.05, 3.63) is 18.2 Å². The summed E-state index contributed by atoms with van der Waals surface area (Å²) in [6, 6.07) is 0. The number of ether oxygens (including phenoxy) is 1. The monoisotopic (exact) mass is 210 g/mol. The molecule has 15 heavy (non-hydrogen) atoms. The lowest BCUT2D eigenvalue weighted by atomic mass is 9.92. The van der Waals surface area contributed by atoms with Gasteiger partial charge in [-0.05, 0) is 11.8 Å². The van der Waals surface area contributed by atoms with Gasteiger partial charge in [0.2, 0.25) is 5.78 Å². The van der Waals surface area contributed by atoms with E-state index in [0.717, 1.165) is 6.21 Å². The summed E-state index contributed by atoms with van der Waals surface area (Å²) < 4.78 is 5.31. The van der Waals surface area contributed by atoms with E-state index in [4.69, 9.17) is 10.3 Å². The van der Waals surface area contributed by atoms with Crippen molar-refractivity contribution in [3.63, 3.8) is 0 Å². The van der Waals surface area contributed by atoms with Crippen molar-refractivity contribution >= 4 is 12.0 Å². The summed E-state index contributed by atoms with van der Waals surface area (Å²) in [6.45, 7) is 8.63. The van der Waals surface area contributed by atoms with E-state index in [2.05, 4.69) is 11.4 Å². The summed E-state index contributed by atoms with van der Waals surface area (Å²) in [5, 5.41) is 0. The predicted octanol–water partition coefficient (Wildman–Crippen LogP) is 1.72. The first-order chi connectivity index (χ1) is 7.11. The highest BCUT2D eigenvalue weighted by molar-refractivity contribution is 6.25. The Morgan fingerprint density at radius 2 is 2.27 bits per heavy atom. The zero-order valence-electron chi connectivity index (χ0n) is 9.35. The fourth-order valence-electron chi connectivity index (χ4n) is 1.17. The summed E-state index contributed by atoms with van der Waals surface area (Å²) >= 11 is 0. The van der Waals surface area contributed by atoms with E-state index in [1.165, 1.54) is 0 Å². The molecule has 0 rings (SSSR count). The van der Waals surface area contributed by atoms with Gasteiger partial charge in [-0.15, -0.1) is 6.58 Å². The first kappa shape index (κ1) is 13.8. The van der Waals surface area contributed by atoms with Crippen LogP contribution in [0.1, 0.15) is 20.3 Å². The lowest BCUT2D eigenvalue weighted by Gasteiger charge is -2.18. The molecule has 0 saturated carbocycles. The summed E-state index contributed by atoms with van der Waals surface area (Å²) in [5.41, 5.74) is 8.21. The van der Waals surface area contributed by atoms with Gasteiger partial charge < -0.3 is 10.3 Å². The molecule has 0 amide bonds. The van der Waals surface area contributed by atoms with Gasteiger partial charge in [-0.25, -0.2) is 0 Å². The molecule has 0 bridgehead atoms. The van der Waals surface area contributed by atoms with E-state index >= 15 is 0 Å². The Morgan fingerprint density at radius 1 is 1.60 bits per heavy atom. The molecule has 0 heterocycles. The Balaban J connectivity index is 4.09. The van der Waals surface area contributed by atoms with Crippen molar-refractivity contribution in [2.45, 2.75) is 20.3 Å². The first-order valence-corrected chi connectivity index (χ1v) is 5.00.